The second-order valence-corrected chi connectivity index (χ2v) is 9.64. The zero-order valence-electron chi connectivity index (χ0n) is 21.1. The van der Waals surface area contributed by atoms with Crippen molar-refractivity contribution in [2.45, 2.75) is 57.9 Å². The zero-order valence-corrected chi connectivity index (χ0v) is 21.1. The molecule has 3 amide bonds. The fourth-order valence-electron chi connectivity index (χ4n) is 4.90. The quantitative estimate of drug-likeness (QED) is 0.469. The number of fused-ring (bicyclic) bond motifs is 1. The van der Waals surface area contributed by atoms with Crippen molar-refractivity contribution < 1.29 is 19.1 Å². The maximum absolute atomic E-state index is 13.8. The van der Waals surface area contributed by atoms with Crippen LogP contribution in [0.5, 0.6) is 5.75 Å². The van der Waals surface area contributed by atoms with Gasteiger partial charge >= 0.3 is 0 Å². The van der Waals surface area contributed by atoms with Crippen LogP contribution in [0.25, 0.3) is 0 Å². The molecule has 0 spiro atoms. The van der Waals surface area contributed by atoms with Gasteiger partial charge in [0.05, 0.1) is 19.5 Å². The predicted octanol–water partition coefficient (Wildman–Crippen LogP) is 2.91. The fourth-order valence-corrected chi connectivity index (χ4v) is 4.90. The Morgan fingerprint density at radius 1 is 1.05 bits per heavy atom. The lowest BCUT2D eigenvalue weighted by Crippen LogP contribution is -2.64. The number of benzene rings is 2. The normalized spacial score (nSPS) is 18.8. The molecule has 2 aromatic carbocycles. The molecular formula is C28H31N5O4. The van der Waals surface area contributed by atoms with Crippen molar-refractivity contribution in [2.75, 3.05) is 6.61 Å². The van der Waals surface area contributed by atoms with Gasteiger partial charge in [-0.3, -0.25) is 14.4 Å². The van der Waals surface area contributed by atoms with E-state index in [2.05, 4.69) is 15.6 Å². The summed E-state index contributed by atoms with van der Waals surface area (Å²) in [5.41, 5.74) is 1.00. The molecule has 1 aliphatic heterocycles. The van der Waals surface area contributed by atoms with Gasteiger partial charge in [0.2, 0.25) is 5.91 Å². The fraction of sp³-hybridized carbons (Fsp3) is 0.357. The number of aromatic nitrogens is 2. The monoisotopic (exact) mass is 501 g/mol. The van der Waals surface area contributed by atoms with Gasteiger partial charge in [-0.1, -0.05) is 48.5 Å². The number of amides is 3. The highest BCUT2D eigenvalue weighted by atomic mass is 16.5. The summed E-state index contributed by atoms with van der Waals surface area (Å²) in [5.74, 6) is -0.315. The lowest BCUT2D eigenvalue weighted by molar-refractivity contribution is -0.133. The Hall–Kier alpha value is -4.14. The molecule has 1 aliphatic carbocycles. The zero-order chi connectivity index (χ0) is 26.0. The number of nitrogens with zero attached hydrogens (tertiary/aromatic N) is 3. The van der Waals surface area contributed by atoms with E-state index in [0.717, 1.165) is 24.0 Å². The minimum absolute atomic E-state index is 0.0300. The van der Waals surface area contributed by atoms with Crippen molar-refractivity contribution >= 4 is 17.7 Å². The SMILES string of the molecule is CCOc1ccccc1CNC(=O)c1ncn2c1C(=O)N(C1CC1)[C@@](C)(C(=O)NCc1ccccc1)C2. The van der Waals surface area contributed by atoms with Crippen molar-refractivity contribution in [1.82, 2.24) is 25.1 Å². The molecule has 9 nitrogen and oxygen atoms in total. The molecule has 1 aromatic heterocycles. The molecule has 2 aliphatic rings. The first-order valence-corrected chi connectivity index (χ1v) is 12.6. The molecule has 37 heavy (non-hydrogen) atoms. The van der Waals surface area contributed by atoms with Crippen molar-refractivity contribution in [3.05, 3.63) is 83.4 Å². The van der Waals surface area contributed by atoms with Gasteiger partial charge in [0.15, 0.2) is 5.69 Å². The van der Waals surface area contributed by atoms with Crippen LogP contribution < -0.4 is 15.4 Å². The van der Waals surface area contributed by atoms with Gasteiger partial charge in [-0.25, -0.2) is 4.98 Å². The van der Waals surface area contributed by atoms with Crippen LogP contribution in [-0.2, 0) is 24.4 Å². The number of nitrogens with one attached hydrogen (secondary N) is 2. The molecule has 192 valence electrons. The van der Waals surface area contributed by atoms with Crippen LogP contribution in [-0.4, -0.2) is 50.4 Å². The Morgan fingerprint density at radius 3 is 2.51 bits per heavy atom. The smallest absolute Gasteiger partial charge is 0.274 e. The van der Waals surface area contributed by atoms with Crippen molar-refractivity contribution in [3.63, 3.8) is 0 Å². The van der Waals surface area contributed by atoms with E-state index in [9.17, 15) is 14.4 Å². The van der Waals surface area contributed by atoms with Gasteiger partial charge in [-0.15, -0.1) is 0 Å². The minimum atomic E-state index is -1.09. The third kappa shape index (κ3) is 4.81. The molecule has 1 fully saturated rings. The van der Waals surface area contributed by atoms with E-state index in [1.165, 1.54) is 6.33 Å². The lowest BCUT2D eigenvalue weighted by Gasteiger charge is -2.44. The molecule has 3 aromatic rings. The van der Waals surface area contributed by atoms with Crippen LogP contribution in [0.4, 0.5) is 0 Å². The highest BCUT2D eigenvalue weighted by Crippen LogP contribution is 2.39. The molecule has 0 saturated heterocycles. The Labute approximate surface area is 215 Å². The average Bonchev–Trinajstić information content (AvgIpc) is 3.64. The summed E-state index contributed by atoms with van der Waals surface area (Å²) >= 11 is 0. The van der Waals surface area contributed by atoms with E-state index >= 15 is 0 Å². The summed E-state index contributed by atoms with van der Waals surface area (Å²) in [6.45, 7) is 5.04. The largest absolute Gasteiger partial charge is 0.494 e. The summed E-state index contributed by atoms with van der Waals surface area (Å²) in [5, 5.41) is 5.87. The second-order valence-electron chi connectivity index (χ2n) is 9.64. The number of hydrogen-bond acceptors (Lipinski definition) is 5. The van der Waals surface area contributed by atoms with Gasteiger partial charge < -0.3 is 24.8 Å². The Balaban J connectivity index is 1.35. The summed E-state index contributed by atoms with van der Waals surface area (Å²) in [6, 6.07) is 17.1. The Morgan fingerprint density at radius 2 is 1.78 bits per heavy atom. The van der Waals surface area contributed by atoms with Crippen LogP contribution in [0, 0.1) is 0 Å². The van der Waals surface area contributed by atoms with Gasteiger partial charge in [-0.2, -0.15) is 0 Å². The summed E-state index contributed by atoms with van der Waals surface area (Å²) in [4.78, 5) is 46.3. The molecule has 1 saturated carbocycles. The van der Waals surface area contributed by atoms with E-state index in [-0.39, 0.29) is 42.3 Å². The van der Waals surface area contributed by atoms with E-state index in [4.69, 9.17) is 4.74 Å². The summed E-state index contributed by atoms with van der Waals surface area (Å²) in [6.07, 6.45) is 3.14. The van der Waals surface area contributed by atoms with Gasteiger partial charge in [0, 0.05) is 24.7 Å². The number of ether oxygens (including phenoxy) is 1. The van der Waals surface area contributed by atoms with Gasteiger partial charge in [-0.05, 0) is 38.3 Å². The van der Waals surface area contributed by atoms with E-state index in [0.29, 0.717) is 18.9 Å². The highest BCUT2D eigenvalue weighted by molar-refractivity contribution is 6.07. The third-order valence-corrected chi connectivity index (χ3v) is 6.89. The maximum Gasteiger partial charge on any atom is 0.274 e. The van der Waals surface area contributed by atoms with Crippen LogP contribution in [0.15, 0.2) is 60.9 Å². The summed E-state index contributed by atoms with van der Waals surface area (Å²) in [7, 11) is 0. The number of imidazole rings is 1. The molecular weight excluding hydrogens is 470 g/mol. The number of rotatable bonds is 9. The second kappa shape index (κ2) is 10.1. The highest BCUT2D eigenvalue weighted by Gasteiger charge is 2.53. The van der Waals surface area contributed by atoms with Crippen molar-refractivity contribution in [1.29, 1.82) is 0 Å². The molecule has 9 heteroatoms. The first-order valence-electron chi connectivity index (χ1n) is 12.6. The number of carbonyl (C=O) groups excluding carboxylic acids is 3. The lowest BCUT2D eigenvalue weighted by atomic mass is 9.93. The molecule has 0 unspecified atom stereocenters. The minimum Gasteiger partial charge on any atom is -0.494 e. The van der Waals surface area contributed by atoms with E-state index in [1.807, 2.05) is 61.5 Å². The van der Waals surface area contributed by atoms with Crippen LogP contribution >= 0.6 is 0 Å². The van der Waals surface area contributed by atoms with Crippen molar-refractivity contribution in [2.24, 2.45) is 0 Å². The molecule has 2 N–H and O–H groups in total. The Kier molecular flexibility index (Phi) is 6.69. The van der Waals surface area contributed by atoms with Crippen LogP contribution in [0.1, 0.15) is 58.8 Å². The van der Waals surface area contributed by atoms with E-state index < -0.39 is 11.4 Å². The topological polar surface area (TPSA) is 106 Å². The molecule has 0 bridgehead atoms. The van der Waals surface area contributed by atoms with E-state index in [1.54, 1.807) is 16.4 Å². The molecule has 1 atom stereocenters. The number of para-hydroxylation sites is 1. The first kappa shape index (κ1) is 24.5. The number of hydrogen-bond donors (Lipinski definition) is 2. The van der Waals surface area contributed by atoms with Crippen molar-refractivity contribution in [3.8, 4) is 5.75 Å². The molecule has 5 rings (SSSR count). The predicted molar refractivity (Wildman–Crippen MR) is 137 cm³/mol. The Bertz CT molecular complexity index is 1320. The van der Waals surface area contributed by atoms with Gasteiger partial charge in [0.25, 0.3) is 11.8 Å². The number of carbonyl (C=O) groups is 3. The first-order chi connectivity index (χ1) is 17.9. The average molecular weight is 502 g/mol. The molecule has 0 radical (unpaired) electrons. The van der Waals surface area contributed by atoms with Crippen LogP contribution in [0.3, 0.4) is 0 Å². The summed E-state index contributed by atoms with van der Waals surface area (Å²) < 4.78 is 7.27. The third-order valence-electron chi connectivity index (χ3n) is 6.89. The molecule has 2 heterocycles. The standard InChI is InChI=1S/C28H31N5O4/c1-3-37-22-12-8-7-11-20(22)16-29-25(34)23-24-26(35)33(21-13-14-21)28(2,17-32(24)18-31-23)27(36)30-15-19-9-5-4-6-10-19/h4-12,18,21H,3,13-17H2,1-2H3,(H,29,34)(H,30,36)/t28-/m1/s1. The maximum atomic E-state index is 13.8. The van der Waals surface area contributed by atoms with Crippen LogP contribution in [0.2, 0.25) is 0 Å². The van der Waals surface area contributed by atoms with Gasteiger partial charge in [0.1, 0.15) is 17.0 Å².